The summed E-state index contributed by atoms with van der Waals surface area (Å²) in [6, 6.07) is 16.7. The molecule has 2 rings (SSSR count). The smallest absolute Gasteiger partial charge is 0.242 e. The van der Waals surface area contributed by atoms with Crippen LogP contribution in [0.2, 0.25) is 5.02 Å². The third kappa shape index (κ3) is 8.17. The van der Waals surface area contributed by atoms with Gasteiger partial charge in [-0.1, -0.05) is 54.1 Å². The lowest BCUT2D eigenvalue weighted by molar-refractivity contribution is -0.140. The zero-order valence-electron chi connectivity index (χ0n) is 17.8. The number of carbonyl (C=O) groups is 2. The van der Waals surface area contributed by atoms with Gasteiger partial charge in [-0.2, -0.15) is 0 Å². The van der Waals surface area contributed by atoms with Gasteiger partial charge in [0.25, 0.3) is 0 Å². The van der Waals surface area contributed by atoms with Crippen molar-refractivity contribution in [3.05, 3.63) is 70.7 Å². The number of nitrogens with one attached hydrogen (secondary N) is 1. The van der Waals surface area contributed by atoms with E-state index in [9.17, 15) is 9.59 Å². The van der Waals surface area contributed by atoms with Crippen molar-refractivity contribution >= 4 is 23.4 Å². The Morgan fingerprint density at radius 1 is 1.07 bits per heavy atom. The molecule has 0 aliphatic carbocycles. The Morgan fingerprint density at radius 3 is 2.43 bits per heavy atom. The Hall–Kier alpha value is -2.37. The van der Waals surface area contributed by atoms with E-state index in [-0.39, 0.29) is 11.8 Å². The molecule has 0 spiro atoms. The van der Waals surface area contributed by atoms with E-state index >= 15 is 0 Å². The van der Waals surface area contributed by atoms with Crippen molar-refractivity contribution in [2.75, 3.05) is 19.8 Å². The summed E-state index contributed by atoms with van der Waals surface area (Å²) in [6.07, 6.45) is 1.73. The number of carbonyl (C=O) groups excluding carboxylic acids is 2. The molecule has 1 atom stereocenters. The standard InChI is InChI=1S/C24H31ClN2O3/c1-3-30-17-7-16-26-24(29)19(2)27(18-21-10-13-22(25)14-11-21)23(28)15-12-20-8-5-4-6-9-20/h4-6,8-11,13-14,19H,3,7,12,15-18H2,1-2H3,(H,26,29). The lowest BCUT2D eigenvalue weighted by Crippen LogP contribution is -2.48. The molecule has 30 heavy (non-hydrogen) atoms. The van der Waals surface area contributed by atoms with Gasteiger partial charge in [-0.25, -0.2) is 0 Å². The first-order valence-corrected chi connectivity index (χ1v) is 10.8. The number of hydrogen-bond donors (Lipinski definition) is 1. The third-order valence-electron chi connectivity index (χ3n) is 4.87. The van der Waals surface area contributed by atoms with E-state index in [4.69, 9.17) is 16.3 Å². The minimum atomic E-state index is -0.573. The van der Waals surface area contributed by atoms with E-state index < -0.39 is 6.04 Å². The predicted octanol–water partition coefficient (Wildman–Crippen LogP) is 4.23. The van der Waals surface area contributed by atoms with Crippen LogP contribution in [-0.2, 0) is 27.3 Å². The fraction of sp³-hybridized carbons (Fsp3) is 0.417. The molecule has 6 heteroatoms. The summed E-state index contributed by atoms with van der Waals surface area (Å²) in [6.45, 7) is 5.86. The van der Waals surface area contributed by atoms with Gasteiger partial charge in [-0.3, -0.25) is 9.59 Å². The third-order valence-corrected chi connectivity index (χ3v) is 5.12. The second kappa shape index (κ2) is 13.0. The molecule has 5 nitrogen and oxygen atoms in total. The predicted molar refractivity (Wildman–Crippen MR) is 120 cm³/mol. The summed E-state index contributed by atoms with van der Waals surface area (Å²) in [5.74, 6) is -0.209. The Balaban J connectivity index is 2.02. The van der Waals surface area contributed by atoms with Crippen molar-refractivity contribution in [3.8, 4) is 0 Å². The molecule has 1 unspecified atom stereocenters. The zero-order chi connectivity index (χ0) is 21.8. The van der Waals surface area contributed by atoms with Gasteiger partial charge >= 0.3 is 0 Å². The van der Waals surface area contributed by atoms with E-state index in [1.165, 1.54) is 0 Å². The Morgan fingerprint density at radius 2 is 1.77 bits per heavy atom. The first kappa shape index (κ1) is 23.9. The van der Waals surface area contributed by atoms with Crippen LogP contribution in [-0.4, -0.2) is 42.5 Å². The monoisotopic (exact) mass is 430 g/mol. The lowest BCUT2D eigenvalue weighted by atomic mass is 10.1. The second-order valence-electron chi connectivity index (χ2n) is 7.15. The second-order valence-corrected chi connectivity index (χ2v) is 7.59. The first-order chi connectivity index (χ1) is 14.5. The van der Waals surface area contributed by atoms with Gasteiger partial charge in [0.15, 0.2) is 0 Å². The molecule has 0 bridgehead atoms. The summed E-state index contributed by atoms with van der Waals surface area (Å²) < 4.78 is 5.30. The normalized spacial score (nSPS) is 11.7. The van der Waals surface area contributed by atoms with Gasteiger partial charge in [-0.05, 0) is 49.9 Å². The van der Waals surface area contributed by atoms with Crippen LogP contribution in [0.25, 0.3) is 0 Å². The number of nitrogens with zero attached hydrogens (tertiary/aromatic N) is 1. The van der Waals surface area contributed by atoms with Gasteiger partial charge in [0.1, 0.15) is 6.04 Å². The highest BCUT2D eigenvalue weighted by Gasteiger charge is 2.25. The molecule has 2 amide bonds. The van der Waals surface area contributed by atoms with Crippen LogP contribution in [0.15, 0.2) is 54.6 Å². The van der Waals surface area contributed by atoms with Crippen LogP contribution in [0.1, 0.15) is 37.8 Å². The zero-order valence-corrected chi connectivity index (χ0v) is 18.5. The van der Waals surface area contributed by atoms with Crippen molar-refractivity contribution in [3.63, 3.8) is 0 Å². The highest BCUT2D eigenvalue weighted by atomic mass is 35.5. The molecular formula is C24H31ClN2O3. The number of amides is 2. The van der Waals surface area contributed by atoms with E-state index in [0.29, 0.717) is 44.2 Å². The van der Waals surface area contributed by atoms with Crippen molar-refractivity contribution in [1.29, 1.82) is 0 Å². The number of aryl methyl sites for hydroxylation is 1. The average molecular weight is 431 g/mol. The summed E-state index contributed by atoms with van der Waals surface area (Å²) in [5, 5.41) is 3.55. The Labute approximate surface area is 184 Å². The van der Waals surface area contributed by atoms with Crippen LogP contribution in [0, 0.1) is 0 Å². The molecule has 0 aliphatic rings. The van der Waals surface area contributed by atoms with Crippen molar-refractivity contribution < 1.29 is 14.3 Å². The molecule has 1 N–H and O–H groups in total. The molecule has 0 fully saturated rings. The van der Waals surface area contributed by atoms with Gasteiger partial charge in [0.2, 0.25) is 11.8 Å². The van der Waals surface area contributed by atoms with E-state index in [1.54, 1.807) is 24.0 Å². The van der Waals surface area contributed by atoms with E-state index in [2.05, 4.69) is 5.32 Å². The fourth-order valence-corrected chi connectivity index (χ4v) is 3.21. The van der Waals surface area contributed by atoms with Crippen molar-refractivity contribution in [2.45, 2.75) is 45.7 Å². The highest BCUT2D eigenvalue weighted by molar-refractivity contribution is 6.30. The van der Waals surface area contributed by atoms with E-state index in [1.807, 2.05) is 49.4 Å². The van der Waals surface area contributed by atoms with Crippen LogP contribution in [0.4, 0.5) is 0 Å². The molecule has 2 aromatic rings. The van der Waals surface area contributed by atoms with E-state index in [0.717, 1.165) is 17.5 Å². The summed E-state index contributed by atoms with van der Waals surface area (Å²) in [4.78, 5) is 27.4. The Bertz CT molecular complexity index is 781. The summed E-state index contributed by atoms with van der Waals surface area (Å²) >= 11 is 5.98. The van der Waals surface area contributed by atoms with Crippen LogP contribution in [0.3, 0.4) is 0 Å². The maximum absolute atomic E-state index is 13.0. The molecule has 0 aromatic heterocycles. The van der Waals surface area contributed by atoms with Gasteiger partial charge in [0, 0.05) is 37.7 Å². The number of ether oxygens (including phenoxy) is 1. The molecular weight excluding hydrogens is 400 g/mol. The SMILES string of the molecule is CCOCCCNC(=O)C(C)N(Cc1ccc(Cl)cc1)C(=O)CCc1ccccc1. The molecule has 2 aromatic carbocycles. The number of hydrogen-bond acceptors (Lipinski definition) is 3. The quantitative estimate of drug-likeness (QED) is 0.512. The molecule has 0 aliphatic heterocycles. The van der Waals surface area contributed by atoms with Gasteiger partial charge < -0.3 is 15.0 Å². The van der Waals surface area contributed by atoms with Crippen LogP contribution >= 0.6 is 11.6 Å². The largest absolute Gasteiger partial charge is 0.382 e. The number of halogens is 1. The molecule has 0 saturated carbocycles. The topological polar surface area (TPSA) is 58.6 Å². The van der Waals surface area contributed by atoms with Crippen LogP contribution in [0.5, 0.6) is 0 Å². The van der Waals surface area contributed by atoms with Crippen LogP contribution < -0.4 is 5.32 Å². The first-order valence-electron chi connectivity index (χ1n) is 10.4. The van der Waals surface area contributed by atoms with Crippen molar-refractivity contribution in [1.82, 2.24) is 10.2 Å². The average Bonchev–Trinajstić information content (AvgIpc) is 2.77. The lowest BCUT2D eigenvalue weighted by Gasteiger charge is -2.29. The minimum absolute atomic E-state index is 0.0502. The number of rotatable bonds is 12. The molecule has 162 valence electrons. The molecule has 0 heterocycles. The maximum atomic E-state index is 13.0. The summed E-state index contributed by atoms with van der Waals surface area (Å²) in [7, 11) is 0. The molecule has 0 saturated heterocycles. The molecule has 0 radical (unpaired) electrons. The summed E-state index contributed by atoms with van der Waals surface area (Å²) in [5.41, 5.74) is 2.04. The number of benzene rings is 2. The van der Waals surface area contributed by atoms with Crippen molar-refractivity contribution in [2.24, 2.45) is 0 Å². The minimum Gasteiger partial charge on any atom is -0.382 e. The van der Waals surface area contributed by atoms with Gasteiger partial charge in [-0.15, -0.1) is 0 Å². The van der Waals surface area contributed by atoms with Gasteiger partial charge in [0.05, 0.1) is 0 Å². The Kier molecular flexibility index (Phi) is 10.4. The highest BCUT2D eigenvalue weighted by Crippen LogP contribution is 2.15. The maximum Gasteiger partial charge on any atom is 0.242 e. The fourth-order valence-electron chi connectivity index (χ4n) is 3.09.